The first-order valence-electron chi connectivity index (χ1n) is 7.77. The van der Waals surface area contributed by atoms with Crippen molar-refractivity contribution in [3.8, 4) is 0 Å². The van der Waals surface area contributed by atoms with E-state index in [1.54, 1.807) is 24.3 Å². The molecular formula is C16H23ClN4O. The van der Waals surface area contributed by atoms with Gasteiger partial charge in [0.15, 0.2) is 5.96 Å². The Bertz CT molecular complexity index is 511. The van der Waals surface area contributed by atoms with Crippen LogP contribution in [-0.4, -0.2) is 31.0 Å². The summed E-state index contributed by atoms with van der Waals surface area (Å²) < 4.78 is 0. The van der Waals surface area contributed by atoms with Crippen LogP contribution in [0, 0.1) is 0 Å². The zero-order valence-electron chi connectivity index (χ0n) is 12.9. The van der Waals surface area contributed by atoms with Crippen molar-refractivity contribution in [3.05, 3.63) is 29.3 Å². The quantitative estimate of drug-likeness (QED) is 0.411. The number of benzene rings is 1. The van der Waals surface area contributed by atoms with Crippen LogP contribution in [0.4, 0.5) is 5.69 Å². The Kier molecular flexibility index (Phi) is 6.52. The third kappa shape index (κ3) is 6.35. The lowest BCUT2D eigenvalue weighted by Gasteiger charge is -2.10. The summed E-state index contributed by atoms with van der Waals surface area (Å²) in [5.41, 5.74) is 0.765. The smallest absolute Gasteiger partial charge is 0.224 e. The first kappa shape index (κ1) is 16.6. The number of anilines is 1. The van der Waals surface area contributed by atoms with Crippen molar-refractivity contribution in [1.82, 2.24) is 10.6 Å². The number of hydrogen-bond acceptors (Lipinski definition) is 2. The molecule has 0 unspecified atom stereocenters. The fraction of sp³-hybridized carbons (Fsp3) is 0.500. The molecule has 3 N–H and O–H groups in total. The molecule has 5 nitrogen and oxygen atoms in total. The number of carbonyl (C=O) groups excluding carboxylic acids is 1. The highest BCUT2D eigenvalue weighted by Crippen LogP contribution is 2.18. The fourth-order valence-electron chi connectivity index (χ4n) is 1.93. The fourth-order valence-corrected chi connectivity index (χ4v) is 2.05. The van der Waals surface area contributed by atoms with Crippen LogP contribution in [0.25, 0.3) is 0 Å². The SMILES string of the molecule is CCNC(=NCCCC(=O)Nc1ccc(Cl)cc1)NC1CC1. The molecule has 22 heavy (non-hydrogen) atoms. The second-order valence-corrected chi connectivity index (χ2v) is 5.77. The van der Waals surface area contributed by atoms with Gasteiger partial charge in [0.05, 0.1) is 0 Å². The summed E-state index contributed by atoms with van der Waals surface area (Å²) in [5, 5.41) is 10.1. The number of rotatable bonds is 7. The van der Waals surface area contributed by atoms with Gasteiger partial charge in [0.2, 0.25) is 5.91 Å². The molecule has 120 valence electrons. The Morgan fingerprint density at radius 3 is 2.68 bits per heavy atom. The van der Waals surface area contributed by atoms with Crippen LogP contribution < -0.4 is 16.0 Å². The first-order chi connectivity index (χ1) is 10.7. The lowest BCUT2D eigenvalue weighted by atomic mass is 10.2. The molecule has 0 bridgehead atoms. The van der Waals surface area contributed by atoms with E-state index in [9.17, 15) is 4.79 Å². The Hall–Kier alpha value is -1.75. The average Bonchev–Trinajstić information content (AvgIpc) is 3.30. The van der Waals surface area contributed by atoms with Crippen molar-refractivity contribution in [2.24, 2.45) is 4.99 Å². The van der Waals surface area contributed by atoms with Crippen LogP contribution in [0.5, 0.6) is 0 Å². The summed E-state index contributed by atoms with van der Waals surface area (Å²) >= 11 is 5.81. The third-order valence-electron chi connectivity index (χ3n) is 3.22. The summed E-state index contributed by atoms with van der Waals surface area (Å²) in [6, 6.07) is 7.68. The summed E-state index contributed by atoms with van der Waals surface area (Å²) in [6.45, 7) is 3.52. The molecule has 0 spiro atoms. The van der Waals surface area contributed by atoms with Crippen molar-refractivity contribution in [2.45, 2.75) is 38.6 Å². The van der Waals surface area contributed by atoms with E-state index in [1.165, 1.54) is 12.8 Å². The molecule has 1 fully saturated rings. The van der Waals surface area contributed by atoms with E-state index in [4.69, 9.17) is 11.6 Å². The maximum Gasteiger partial charge on any atom is 0.224 e. The van der Waals surface area contributed by atoms with Crippen LogP contribution in [0.2, 0.25) is 5.02 Å². The summed E-state index contributed by atoms with van der Waals surface area (Å²) in [6.07, 6.45) is 3.61. The van der Waals surface area contributed by atoms with Crippen LogP contribution in [0.15, 0.2) is 29.3 Å². The molecule has 1 amide bonds. The van der Waals surface area contributed by atoms with Gasteiger partial charge in [-0.3, -0.25) is 9.79 Å². The molecule has 0 radical (unpaired) electrons. The number of aliphatic imine (C=N–C) groups is 1. The molecule has 1 aromatic carbocycles. The van der Waals surface area contributed by atoms with Gasteiger partial charge in [-0.05, 0) is 50.5 Å². The number of amides is 1. The molecule has 0 atom stereocenters. The van der Waals surface area contributed by atoms with Gasteiger partial charge in [-0.2, -0.15) is 0 Å². The van der Waals surface area contributed by atoms with Crippen LogP contribution >= 0.6 is 11.6 Å². The van der Waals surface area contributed by atoms with Gasteiger partial charge in [-0.1, -0.05) is 11.6 Å². The van der Waals surface area contributed by atoms with Crippen molar-refractivity contribution >= 4 is 29.2 Å². The molecule has 1 saturated carbocycles. The molecule has 0 heterocycles. The van der Waals surface area contributed by atoms with Gasteiger partial charge >= 0.3 is 0 Å². The monoisotopic (exact) mass is 322 g/mol. The molecule has 6 heteroatoms. The molecule has 1 aromatic rings. The van der Waals surface area contributed by atoms with Crippen molar-refractivity contribution in [3.63, 3.8) is 0 Å². The topological polar surface area (TPSA) is 65.5 Å². The predicted octanol–water partition coefficient (Wildman–Crippen LogP) is 2.78. The minimum atomic E-state index is -0.00215. The van der Waals surface area contributed by atoms with E-state index in [0.717, 1.165) is 24.6 Å². The summed E-state index contributed by atoms with van der Waals surface area (Å²) in [5.74, 6) is 0.848. The maximum absolute atomic E-state index is 11.8. The lowest BCUT2D eigenvalue weighted by Crippen LogP contribution is -2.38. The van der Waals surface area contributed by atoms with Gasteiger partial charge < -0.3 is 16.0 Å². The van der Waals surface area contributed by atoms with Crippen LogP contribution in [-0.2, 0) is 4.79 Å². The van der Waals surface area contributed by atoms with E-state index in [1.807, 2.05) is 6.92 Å². The van der Waals surface area contributed by atoms with Gasteiger partial charge in [0, 0.05) is 36.3 Å². The normalized spacial score (nSPS) is 14.5. The Morgan fingerprint density at radius 2 is 2.05 bits per heavy atom. The minimum Gasteiger partial charge on any atom is -0.357 e. The number of halogens is 1. The van der Waals surface area contributed by atoms with Gasteiger partial charge in [-0.15, -0.1) is 0 Å². The zero-order chi connectivity index (χ0) is 15.8. The number of nitrogens with zero attached hydrogens (tertiary/aromatic N) is 1. The molecule has 0 aliphatic heterocycles. The largest absolute Gasteiger partial charge is 0.357 e. The first-order valence-corrected chi connectivity index (χ1v) is 8.15. The Labute approximate surface area is 136 Å². The van der Waals surface area contributed by atoms with Gasteiger partial charge in [0.1, 0.15) is 0 Å². The van der Waals surface area contributed by atoms with E-state index in [-0.39, 0.29) is 5.91 Å². The summed E-state index contributed by atoms with van der Waals surface area (Å²) in [4.78, 5) is 16.3. The third-order valence-corrected chi connectivity index (χ3v) is 3.47. The molecule has 1 aliphatic carbocycles. The standard InChI is InChI=1S/C16H23ClN4O/c1-2-18-16(21-14-9-10-14)19-11-3-4-15(22)20-13-7-5-12(17)6-8-13/h5-8,14H,2-4,9-11H2,1H3,(H,20,22)(H2,18,19,21). The van der Waals surface area contributed by atoms with E-state index >= 15 is 0 Å². The number of carbonyl (C=O) groups is 1. The molecule has 1 aliphatic rings. The molecule has 0 aromatic heterocycles. The van der Waals surface area contributed by atoms with Gasteiger partial charge in [-0.25, -0.2) is 0 Å². The second kappa shape index (κ2) is 8.63. The second-order valence-electron chi connectivity index (χ2n) is 5.34. The minimum absolute atomic E-state index is 0.00215. The molecule has 2 rings (SSSR count). The van der Waals surface area contributed by atoms with Gasteiger partial charge in [0.25, 0.3) is 0 Å². The molecule has 0 saturated heterocycles. The predicted molar refractivity (Wildman–Crippen MR) is 91.5 cm³/mol. The van der Waals surface area contributed by atoms with Crippen LogP contribution in [0.1, 0.15) is 32.6 Å². The lowest BCUT2D eigenvalue weighted by molar-refractivity contribution is -0.116. The highest BCUT2D eigenvalue weighted by atomic mass is 35.5. The highest BCUT2D eigenvalue weighted by Gasteiger charge is 2.21. The van der Waals surface area contributed by atoms with E-state index in [2.05, 4.69) is 20.9 Å². The van der Waals surface area contributed by atoms with E-state index < -0.39 is 0 Å². The van der Waals surface area contributed by atoms with Crippen molar-refractivity contribution in [2.75, 3.05) is 18.4 Å². The number of guanidine groups is 1. The summed E-state index contributed by atoms with van der Waals surface area (Å²) in [7, 11) is 0. The Morgan fingerprint density at radius 1 is 1.32 bits per heavy atom. The maximum atomic E-state index is 11.8. The average molecular weight is 323 g/mol. The van der Waals surface area contributed by atoms with E-state index in [0.29, 0.717) is 24.0 Å². The van der Waals surface area contributed by atoms with Crippen molar-refractivity contribution < 1.29 is 4.79 Å². The highest BCUT2D eigenvalue weighted by molar-refractivity contribution is 6.30. The Balaban J connectivity index is 1.67. The molecular weight excluding hydrogens is 300 g/mol. The number of nitrogens with one attached hydrogen (secondary N) is 3. The van der Waals surface area contributed by atoms with Crippen molar-refractivity contribution in [1.29, 1.82) is 0 Å². The van der Waals surface area contributed by atoms with Crippen LogP contribution in [0.3, 0.4) is 0 Å². The number of hydrogen-bond donors (Lipinski definition) is 3. The zero-order valence-corrected chi connectivity index (χ0v) is 13.6.